The third kappa shape index (κ3) is 2.46. The smallest absolute Gasteiger partial charge is 0.315 e. The lowest BCUT2D eigenvalue weighted by molar-refractivity contribution is -0.168. The largest absolute Gasteiger partial charge is 0.459 e. The maximum absolute atomic E-state index is 13.0. The van der Waals surface area contributed by atoms with Crippen LogP contribution < -0.4 is 0 Å². The molecule has 2 aliphatic heterocycles. The summed E-state index contributed by atoms with van der Waals surface area (Å²) in [5, 5.41) is 25.2. The van der Waals surface area contributed by atoms with Crippen LogP contribution in [0.3, 0.4) is 0 Å². The first-order valence-electron chi connectivity index (χ1n) is 8.15. The number of nitriles is 2. The van der Waals surface area contributed by atoms with Crippen molar-refractivity contribution >= 4 is 12.2 Å². The lowest BCUT2D eigenvalue weighted by atomic mass is 9.75. The highest BCUT2D eigenvalue weighted by atomic mass is 16.6. The van der Waals surface area contributed by atoms with E-state index >= 15 is 0 Å². The van der Waals surface area contributed by atoms with Crippen molar-refractivity contribution in [2.24, 2.45) is 10.5 Å². The van der Waals surface area contributed by atoms with Crippen molar-refractivity contribution in [2.45, 2.75) is 51.3 Å². The highest BCUT2D eigenvalue weighted by Gasteiger charge is 2.64. The Morgan fingerprint density at radius 2 is 1.96 bits per heavy atom. The molecular formula is C19H20N4O2. The van der Waals surface area contributed by atoms with Crippen LogP contribution >= 0.6 is 0 Å². The van der Waals surface area contributed by atoms with Gasteiger partial charge in [0.15, 0.2) is 0 Å². The van der Waals surface area contributed by atoms with Gasteiger partial charge < -0.3 is 4.74 Å². The van der Waals surface area contributed by atoms with Crippen LogP contribution in [0.4, 0.5) is 0 Å². The van der Waals surface area contributed by atoms with E-state index in [9.17, 15) is 15.3 Å². The van der Waals surface area contributed by atoms with Crippen LogP contribution in [0.1, 0.15) is 51.3 Å². The third-order valence-electron chi connectivity index (χ3n) is 4.71. The Hall–Kier alpha value is -2.86. The molecule has 6 nitrogen and oxygen atoms in total. The standard InChI is InChI=1S/C19H20N4O2/c1-17(2,3)25-16(24)18(4)10-19(11-20,12-21)23-15(18)14-8-6-5-7-13(14)9-22-23/h5-9,15H,10H2,1-4H3/t15-,18-/m0/s1. The SMILES string of the molecule is CC(C)(C)OC(=O)[C@@]1(C)CC(C#N)(C#N)N2N=Cc3ccccc3[C@H]21. The summed E-state index contributed by atoms with van der Waals surface area (Å²) < 4.78 is 5.63. The molecule has 3 rings (SSSR count). The van der Waals surface area contributed by atoms with Gasteiger partial charge in [0.2, 0.25) is 5.54 Å². The molecule has 0 saturated carbocycles. The first kappa shape index (κ1) is 17.0. The molecule has 1 fully saturated rings. The van der Waals surface area contributed by atoms with E-state index in [2.05, 4.69) is 17.2 Å². The normalized spacial score (nSPS) is 26.2. The van der Waals surface area contributed by atoms with Crippen LogP contribution in [-0.4, -0.2) is 28.3 Å². The third-order valence-corrected chi connectivity index (χ3v) is 4.71. The molecule has 0 amide bonds. The van der Waals surface area contributed by atoms with Crippen LogP contribution in [0, 0.1) is 28.1 Å². The summed E-state index contributed by atoms with van der Waals surface area (Å²) in [6, 6.07) is 11.2. The molecule has 1 aromatic carbocycles. The summed E-state index contributed by atoms with van der Waals surface area (Å²) in [5.74, 6) is -0.422. The lowest BCUT2D eigenvalue weighted by Crippen LogP contribution is -2.42. The number of benzene rings is 1. The average molecular weight is 336 g/mol. The van der Waals surface area contributed by atoms with Gasteiger partial charge in [0.1, 0.15) is 17.7 Å². The van der Waals surface area contributed by atoms with E-state index in [0.29, 0.717) is 0 Å². The molecule has 2 heterocycles. The van der Waals surface area contributed by atoms with Gasteiger partial charge in [0, 0.05) is 6.42 Å². The number of fused-ring (bicyclic) bond motifs is 3. The van der Waals surface area contributed by atoms with Gasteiger partial charge in [0.05, 0.1) is 17.7 Å². The zero-order chi connectivity index (χ0) is 18.5. The van der Waals surface area contributed by atoms with Gasteiger partial charge in [-0.3, -0.25) is 9.80 Å². The van der Waals surface area contributed by atoms with E-state index in [4.69, 9.17) is 4.74 Å². The summed E-state index contributed by atoms with van der Waals surface area (Å²) in [6.45, 7) is 7.16. The number of carbonyl (C=O) groups is 1. The first-order chi connectivity index (χ1) is 11.7. The summed E-state index contributed by atoms with van der Waals surface area (Å²) in [6.07, 6.45) is 1.67. The average Bonchev–Trinajstić information content (AvgIpc) is 2.84. The molecule has 0 radical (unpaired) electrons. The maximum atomic E-state index is 13.0. The molecule has 2 aliphatic rings. The Kier molecular flexibility index (Phi) is 3.61. The highest BCUT2D eigenvalue weighted by molar-refractivity contribution is 5.86. The quantitative estimate of drug-likeness (QED) is 0.736. The van der Waals surface area contributed by atoms with Crippen LogP contribution in [0.15, 0.2) is 29.4 Å². The number of carbonyl (C=O) groups excluding carboxylic acids is 1. The van der Waals surface area contributed by atoms with Gasteiger partial charge >= 0.3 is 5.97 Å². The van der Waals surface area contributed by atoms with Crippen molar-refractivity contribution in [3.8, 4) is 12.1 Å². The van der Waals surface area contributed by atoms with Crippen molar-refractivity contribution in [2.75, 3.05) is 0 Å². The number of hydrogen-bond donors (Lipinski definition) is 0. The van der Waals surface area contributed by atoms with E-state index < -0.39 is 28.6 Å². The van der Waals surface area contributed by atoms with Crippen molar-refractivity contribution < 1.29 is 9.53 Å². The summed E-state index contributed by atoms with van der Waals surface area (Å²) in [7, 11) is 0. The van der Waals surface area contributed by atoms with Crippen molar-refractivity contribution in [1.82, 2.24) is 5.01 Å². The molecule has 0 spiro atoms. The number of ether oxygens (including phenoxy) is 1. The van der Waals surface area contributed by atoms with Gasteiger partial charge in [-0.15, -0.1) is 0 Å². The summed E-state index contributed by atoms with van der Waals surface area (Å²) >= 11 is 0. The molecule has 0 bridgehead atoms. The van der Waals surface area contributed by atoms with E-state index in [0.717, 1.165) is 11.1 Å². The van der Waals surface area contributed by atoms with E-state index in [1.165, 1.54) is 5.01 Å². The fraction of sp³-hybridized carbons (Fsp3) is 0.474. The van der Waals surface area contributed by atoms with Gasteiger partial charge in [-0.1, -0.05) is 24.3 Å². The van der Waals surface area contributed by atoms with Gasteiger partial charge in [-0.25, -0.2) is 0 Å². The molecule has 0 unspecified atom stereocenters. The number of hydrazone groups is 1. The molecule has 2 atom stereocenters. The van der Waals surface area contributed by atoms with Crippen molar-refractivity contribution in [1.29, 1.82) is 10.5 Å². The van der Waals surface area contributed by atoms with E-state index in [-0.39, 0.29) is 6.42 Å². The second kappa shape index (κ2) is 5.32. The Balaban J connectivity index is 2.17. The summed E-state index contributed by atoms with van der Waals surface area (Å²) in [5.41, 5.74) is -1.47. The molecule has 128 valence electrons. The fourth-order valence-electron chi connectivity index (χ4n) is 3.63. The first-order valence-corrected chi connectivity index (χ1v) is 8.15. The molecule has 1 saturated heterocycles. The minimum absolute atomic E-state index is 0.0399. The molecule has 25 heavy (non-hydrogen) atoms. The Morgan fingerprint density at radius 3 is 2.56 bits per heavy atom. The van der Waals surface area contributed by atoms with Crippen LogP contribution in [0.25, 0.3) is 0 Å². The van der Waals surface area contributed by atoms with E-state index in [1.54, 1.807) is 33.9 Å². The fourth-order valence-corrected chi connectivity index (χ4v) is 3.63. The maximum Gasteiger partial charge on any atom is 0.315 e. The Bertz CT molecular complexity index is 826. The molecular weight excluding hydrogens is 316 g/mol. The zero-order valence-electron chi connectivity index (χ0n) is 14.8. The molecule has 1 aromatic rings. The molecule has 0 aromatic heterocycles. The minimum Gasteiger partial charge on any atom is -0.459 e. The highest BCUT2D eigenvalue weighted by Crippen LogP contribution is 2.56. The number of nitrogens with zero attached hydrogens (tertiary/aromatic N) is 4. The Morgan fingerprint density at radius 1 is 1.32 bits per heavy atom. The molecule has 0 aliphatic carbocycles. The van der Waals surface area contributed by atoms with Gasteiger partial charge in [0.25, 0.3) is 0 Å². The van der Waals surface area contributed by atoms with Crippen LogP contribution in [0.5, 0.6) is 0 Å². The number of esters is 1. The van der Waals surface area contributed by atoms with Gasteiger partial charge in [-0.2, -0.15) is 15.6 Å². The summed E-state index contributed by atoms with van der Waals surface area (Å²) in [4.78, 5) is 13.0. The van der Waals surface area contributed by atoms with Crippen LogP contribution in [0.2, 0.25) is 0 Å². The number of rotatable bonds is 1. The Labute approximate surface area is 147 Å². The van der Waals surface area contributed by atoms with Crippen molar-refractivity contribution in [3.63, 3.8) is 0 Å². The molecule has 6 heteroatoms. The van der Waals surface area contributed by atoms with Gasteiger partial charge in [-0.05, 0) is 38.8 Å². The second-order valence-electron chi connectivity index (χ2n) is 7.80. The van der Waals surface area contributed by atoms with Crippen molar-refractivity contribution in [3.05, 3.63) is 35.4 Å². The number of hydrogen-bond acceptors (Lipinski definition) is 6. The second-order valence-corrected chi connectivity index (χ2v) is 7.80. The molecule has 0 N–H and O–H groups in total. The topological polar surface area (TPSA) is 89.5 Å². The van der Waals surface area contributed by atoms with E-state index in [1.807, 2.05) is 24.3 Å². The predicted octanol–water partition coefficient (Wildman–Crippen LogP) is 2.91. The predicted molar refractivity (Wildman–Crippen MR) is 91.1 cm³/mol. The minimum atomic E-state index is -1.50. The van der Waals surface area contributed by atoms with Crippen LogP contribution in [-0.2, 0) is 9.53 Å². The lowest BCUT2D eigenvalue weighted by Gasteiger charge is -2.37. The monoisotopic (exact) mass is 336 g/mol. The zero-order valence-corrected chi connectivity index (χ0v) is 14.8.